The van der Waals surface area contributed by atoms with Crippen LogP contribution in [0.25, 0.3) is 10.9 Å². The van der Waals surface area contributed by atoms with Crippen LogP contribution in [-0.2, 0) is 22.5 Å². The summed E-state index contributed by atoms with van der Waals surface area (Å²) >= 11 is 0. The molecule has 0 amide bonds. The van der Waals surface area contributed by atoms with E-state index in [-0.39, 0.29) is 24.9 Å². The third-order valence-electron chi connectivity index (χ3n) is 7.46. The molecule has 2 aliphatic rings. The van der Waals surface area contributed by atoms with Crippen molar-refractivity contribution in [3.05, 3.63) is 60.3 Å². The first-order chi connectivity index (χ1) is 17.2. The van der Waals surface area contributed by atoms with Gasteiger partial charge >= 0.3 is 5.97 Å². The maximum Gasteiger partial charge on any atom is 0.325 e. The molecule has 2 aliphatic heterocycles. The van der Waals surface area contributed by atoms with Gasteiger partial charge in [-0.2, -0.15) is 0 Å². The summed E-state index contributed by atoms with van der Waals surface area (Å²) in [6.45, 7) is 10.2. The fraction of sp³-hybridized carbons (Fsp3) is 0.483. The summed E-state index contributed by atoms with van der Waals surface area (Å²) in [4.78, 5) is 19.8. The van der Waals surface area contributed by atoms with Gasteiger partial charge < -0.3 is 19.1 Å². The summed E-state index contributed by atoms with van der Waals surface area (Å²) < 4.78 is 7.22. The molecule has 0 spiro atoms. The highest BCUT2D eigenvalue weighted by Crippen LogP contribution is 2.32. The third-order valence-corrected chi connectivity index (χ3v) is 7.46. The molecule has 2 fully saturated rings. The van der Waals surface area contributed by atoms with Crippen LogP contribution < -0.4 is 9.80 Å². The van der Waals surface area contributed by atoms with Crippen LogP contribution >= 0.6 is 12.4 Å². The minimum atomic E-state index is -0.180. The Kier molecular flexibility index (Phi) is 9.16. The minimum absolute atomic E-state index is 0. The monoisotopic (exact) mass is 510 g/mol. The number of rotatable bonds is 8. The number of carbonyl (C=O) groups excluding carboxylic acids is 1. The zero-order chi connectivity index (χ0) is 24.0. The van der Waals surface area contributed by atoms with E-state index in [4.69, 9.17) is 4.74 Å². The standard InChI is InChI=1S/C29H38N4O2.ClH/c1-2-35-29(34)23-33-22-24(25-10-4-5-11-26(25)33)14-17-30-18-20-32(21-19-30)28-13-7-6-12-27(28)31-15-8-3-9-16-31;/h4-7,10-13,22H,2-3,8-9,14-21,23H2,1H3;1H. The van der Waals surface area contributed by atoms with E-state index in [1.54, 1.807) is 0 Å². The van der Waals surface area contributed by atoms with Crippen LogP contribution in [-0.4, -0.2) is 67.9 Å². The van der Waals surface area contributed by atoms with Crippen LogP contribution in [0.15, 0.2) is 54.7 Å². The molecule has 36 heavy (non-hydrogen) atoms. The Hall–Kier alpha value is -2.70. The van der Waals surface area contributed by atoms with Gasteiger partial charge in [-0.3, -0.25) is 9.69 Å². The Balaban J connectivity index is 0.00000304. The summed E-state index contributed by atoms with van der Waals surface area (Å²) in [6, 6.07) is 17.4. The van der Waals surface area contributed by atoms with Gasteiger partial charge in [-0.05, 0) is 56.4 Å². The van der Waals surface area contributed by atoms with Crippen LogP contribution in [0.3, 0.4) is 0 Å². The molecule has 6 nitrogen and oxygen atoms in total. The molecule has 3 heterocycles. The van der Waals surface area contributed by atoms with Crippen molar-refractivity contribution in [2.24, 2.45) is 0 Å². The number of hydrogen-bond acceptors (Lipinski definition) is 5. The normalized spacial score (nSPS) is 16.7. The first kappa shape index (κ1) is 26.4. The number of hydrogen-bond donors (Lipinski definition) is 0. The summed E-state index contributed by atoms with van der Waals surface area (Å²) in [5.41, 5.74) is 5.23. The molecule has 2 saturated heterocycles. The SMILES string of the molecule is CCOC(=O)Cn1cc(CCN2CCN(c3ccccc3N3CCCCC3)CC2)c2ccccc21.Cl. The number of nitrogens with zero attached hydrogens (tertiary/aromatic N) is 4. The van der Waals surface area contributed by atoms with Gasteiger partial charge in [0.25, 0.3) is 0 Å². The highest BCUT2D eigenvalue weighted by atomic mass is 35.5. The molecule has 7 heteroatoms. The largest absolute Gasteiger partial charge is 0.465 e. The zero-order valence-corrected chi connectivity index (χ0v) is 22.2. The molecule has 0 unspecified atom stereocenters. The third kappa shape index (κ3) is 5.98. The molecule has 0 atom stereocenters. The lowest BCUT2D eigenvalue weighted by Gasteiger charge is -2.39. The Morgan fingerprint density at radius 3 is 2.17 bits per heavy atom. The minimum Gasteiger partial charge on any atom is -0.465 e. The molecule has 0 bridgehead atoms. The maximum absolute atomic E-state index is 12.1. The van der Waals surface area contributed by atoms with E-state index in [9.17, 15) is 4.79 Å². The average molecular weight is 511 g/mol. The van der Waals surface area contributed by atoms with Gasteiger partial charge in [-0.25, -0.2) is 0 Å². The smallest absolute Gasteiger partial charge is 0.325 e. The molecule has 0 radical (unpaired) electrons. The van der Waals surface area contributed by atoms with Gasteiger partial charge in [-0.1, -0.05) is 30.3 Å². The number of benzene rings is 2. The van der Waals surface area contributed by atoms with Gasteiger partial charge in [0.05, 0.1) is 18.0 Å². The number of ether oxygens (including phenoxy) is 1. The quantitative estimate of drug-likeness (QED) is 0.400. The van der Waals surface area contributed by atoms with Crippen molar-refractivity contribution in [2.45, 2.75) is 39.2 Å². The molecular formula is C29H39ClN4O2. The first-order valence-electron chi connectivity index (χ1n) is 13.3. The molecule has 0 saturated carbocycles. The average Bonchev–Trinajstić information content (AvgIpc) is 3.25. The molecule has 5 rings (SSSR count). The number of para-hydroxylation sites is 3. The number of fused-ring (bicyclic) bond motifs is 1. The first-order valence-corrected chi connectivity index (χ1v) is 13.3. The number of esters is 1. The van der Waals surface area contributed by atoms with Crippen molar-refractivity contribution in [1.82, 2.24) is 9.47 Å². The van der Waals surface area contributed by atoms with E-state index >= 15 is 0 Å². The second-order valence-corrected chi connectivity index (χ2v) is 9.72. The molecule has 3 aromatic rings. The maximum atomic E-state index is 12.1. The van der Waals surface area contributed by atoms with E-state index in [1.807, 2.05) is 17.6 Å². The zero-order valence-electron chi connectivity index (χ0n) is 21.4. The van der Waals surface area contributed by atoms with Gasteiger partial charge in [0.1, 0.15) is 6.54 Å². The van der Waals surface area contributed by atoms with Gasteiger partial charge in [0.15, 0.2) is 0 Å². The number of anilines is 2. The van der Waals surface area contributed by atoms with E-state index in [2.05, 4.69) is 63.4 Å². The van der Waals surface area contributed by atoms with Crippen molar-refractivity contribution in [3.63, 3.8) is 0 Å². The fourth-order valence-electron chi connectivity index (χ4n) is 5.62. The molecule has 2 aromatic carbocycles. The van der Waals surface area contributed by atoms with E-state index < -0.39 is 0 Å². The Morgan fingerprint density at radius 2 is 1.47 bits per heavy atom. The molecular weight excluding hydrogens is 472 g/mol. The van der Waals surface area contributed by atoms with E-state index in [0.29, 0.717) is 6.61 Å². The second-order valence-electron chi connectivity index (χ2n) is 9.72. The second kappa shape index (κ2) is 12.5. The number of halogens is 1. The number of piperazine rings is 1. The lowest BCUT2D eigenvalue weighted by molar-refractivity contribution is -0.143. The Labute approximate surface area is 221 Å². The fourth-order valence-corrected chi connectivity index (χ4v) is 5.62. The Morgan fingerprint density at radius 1 is 0.833 bits per heavy atom. The van der Waals surface area contributed by atoms with E-state index in [0.717, 1.165) is 44.7 Å². The summed E-state index contributed by atoms with van der Waals surface area (Å²) in [5, 5.41) is 1.24. The Bertz CT molecular complexity index is 1130. The number of piperidine rings is 1. The number of carbonyl (C=O) groups is 1. The molecule has 194 valence electrons. The van der Waals surface area contributed by atoms with Crippen molar-refractivity contribution >= 4 is 40.7 Å². The van der Waals surface area contributed by atoms with Crippen LogP contribution in [0.2, 0.25) is 0 Å². The molecule has 0 N–H and O–H groups in total. The van der Waals surface area contributed by atoms with Crippen LogP contribution in [0.4, 0.5) is 11.4 Å². The van der Waals surface area contributed by atoms with Crippen LogP contribution in [0.5, 0.6) is 0 Å². The molecule has 0 aliphatic carbocycles. The van der Waals surface area contributed by atoms with Gasteiger partial charge in [0.2, 0.25) is 0 Å². The lowest BCUT2D eigenvalue weighted by atomic mass is 10.1. The summed E-state index contributed by atoms with van der Waals surface area (Å²) in [6.07, 6.45) is 7.10. The van der Waals surface area contributed by atoms with Crippen LogP contribution in [0, 0.1) is 0 Å². The van der Waals surface area contributed by atoms with E-state index in [1.165, 1.54) is 54.7 Å². The highest BCUT2D eigenvalue weighted by Gasteiger charge is 2.22. The number of aromatic nitrogens is 1. The van der Waals surface area contributed by atoms with Crippen molar-refractivity contribution in [3.8, 4) is 0 Å². The molecule has 1 aromatic heterocycles. The summed E-state index contributed by atoms with van der Waals surface area (Å²) in [7, 11) is 0. The van der Waals surface area contributed by atoms with Gasteiger partial charge in [0, 0.05) is 62.9 Å². The van der Waals surface area contributed by atoms with Crippen LogP contribution in [0.1, 0.15) is 31.7 Å². The highest BCUT2D eigenvalue weighted by molar-refractivity contribution is 5.86. The van der Waals surface area contributed by atoms with Crippen molar-refractivity contribution in [2.75, 3.05) is 62.2 Å². The topological polar surface area (TPSA) is 41.0 Å². The van der Waals surface area contributed by atoms with Crippen molar-refractivity contribution < 1.29 is 9.53 Å². The van der Waals surface area contributed by atoms with Crippen molar-refractivity contribution in [1.29, 1.82) is 0 Å². The predicted octanol–water partition coefficient (Wildman–Crippen LogP) is 4.98. The lowest BCUT2D eigenvalue weighted by Crippen LogP contribution is -2.47. The predicted molar refractivity (Wildman–Crippen MR) is 151 cm³/mol. The van der Waals surface area contributed by atoms with Gasteiger partial charge in [-0.15, -0.1) is 12.4 Å². The summed E-state index contributed by atoms with van der Waals surface area (Å²) in [5.74, 6) is -0.180.